The molecule has 0 amide bonds. The van der Waals surface area contributed by atoms with Gasteiger partial charge in [0.2, 0.25) is 5.56 Å². The lowest BCUT2D eigenvalue weighted by Gasteiger charge is -2.12. The lowest BCUT2D eigenvalue weighted by molar-refractivity contribution is -0.246. The average molecular weight is 458 g/mol. The van der Waals surface area contributed by atoms with Crippen LogP contribution in [0.3, 0.4) is 0 Å². The Bertz CT molecular complexity index is 238. The Morgan fingerprint density at radius 1 is 0.826 bits per heavy atom. The van der Waals surface area contributed by atoms with E-state index in [1.807, 2.05) is 0 Å². The van der Waals surface area contributed by atoms with E-state index in [9.17, 15) is 43.9 Å². The van der Waals surface area contributed by atoms with Gasteiger partial charge < -0.3 is 4.74 Å². The molecule has 16 heteroatoms. The Morgan fingerprint density at radius 3 is 1.26 bits per heavy atom. The molecule has 2 nitrogen and oxygen atoms in total. The fraction of sp³-hybridized carbons (Fsp3) is 1.00. The van der Waals surface area contributed by atoms with E-state index >= 15 is 0 Å². The molecule has 0 aromatic heterocycles. The highest BCUT2D eigenvalue weighted by molar-refractivity contribution is 6.85. The van der Waals surface area contributed by atoms with Crippen molar-refractivity contribution in [2.75, 3.05) is 6.61 Å². The first-order chi connectivity index (χ1) is 9.25. The first-order valence-corrected chi connectivity index (χ1v) is 5.59. The van der Waals surface area contributed by atoms with Crippen LogP contribution in [0.2, 0.25) is 0 Å². The van der Waals surface area contributed by atoms with Gasteiger partial charge in [0.1, 0.15) is 6.61 Å². The molecule has 0 bridgehead atoms. The highest BCUT2D eigenvalue weighted by atomic mass is 36.5. The van der Waals surface area contributed by atoms with Crippen molar-refractivity contribution < 1.29 is 53.4 Å². The lowest BCUT2D eigenvalue weighted by Crippen LogP contribution is -2.27. The summed E-state index contributed by atoms with van der Waals surface area (Å²) in [5.41, 5.74) is -2.94. The summed E-state index contributed by atoms with van der Waals surface area (Å²) < 4.78 is 116. The van der Waals surface area contributed by atoms with Crippen LogP contribution in [-0.4, -0.2) is 37.7 Å². The predicted molar refractivity (Wildman–Crippen MR) is 66.5 cm³/mol. The Kier molecular flexibility index (Phi) is 25.9. The summed E-state index contributed by atoms with van der Waals surface area (Å²) in [6.45, 7) is -8.76. The SMILES string of the molecule is C.Cl.ClCl.FC(F)OC(Cl)C(F)(F)F.FC(F)OCC(F)(F)F. The molecule has 0 spiro atoms. The smallest absolute Gasteiger partial charge is 0.313 e. The van der Waals surface area contributed by atoms with Crippen molar-refractivity contribution >= 4 is 45.7 Å². The molecule has 0 aromatic rings. The molecule has 148 valence electrons. The van der Waals surface area contributed by atoms with Crippen LogP contribution in [0, 0.1) is 0 Å². The molecule has 0 aliphatic rings. The van der Waals surface area contributed by atoms with E-state index in [1.54, 1.807) is 0 Å². The minimum atomic E-state index is -4.95. The van der Waals surface area contributed by atoms with Crippen molar-refractivity contribution in [1.82, 2.24) is 0 Å². The average Bonchev–Trinajstić information content (AvgIpc) is 2.27. The summed E-state index contributed by atoms with van der Waals surface area (Å²) >= 11 is 4.32. The third kappa shape index (κ3) is 34.6. The van der Waals surface area contributed by atoms with Gasteiger partial charge >= 0.3 is 25.6 Å². The molecule has 23 heavy (non-hydrogen) atoms. The second-order valence-corrected chi connectivity index (χ2v) is 2.84. The number of rotatable bonds is 4. The highest BCUT2D eigenvalue weighted by Gasteiger charge is 2.41. The number of ether oxygens (including phenoxy) is 2. The Labute approximate surface area is 144 Å². The Balaban J connectivity index is -0.0000000787. The molecule has 1 unspecified atom stereocenters. The monoisotopic (exact) mass is 456 g/mol. The predicted octanol–water partition coefficient (Wildman–Crippen LogP) is 6.58. The van der Waals surface area contributed by atoms with Gasteiger partial charge in [-0.3, -0.25) is 4.74 Å². The van der Waals surface area contributed by atoms with E-state index in [4.69, 9.17) is 0 Å². The van der Waals surface area contributed by atoms with Crippen LogP contribution >= 0.6 is 45.7 Å². The summed E-state index contributed by atoms with van der Waals surface area (Å²) in [5.74, 6) is 0. The zero-order valence-electron chi connectivity index (χ0n) is 9.58. The van der Waals surface area contributed by atoms with Gasteiger partial charge in [-0.2, -0.15) is 43.9 Å². The summed E-state index contributed by atoms with van der Waals surface area (Å²) in [6.07, 6.45) is -9.62. The number of hydrogen-bond acceptors (Lipinski definition) is 2. The van der Waals surface area contributed by atoms with Crippen molar-refractivity contribution in [3.63, 3.8) is 0 Å². The normalized spacial score (nSPS) is 12.1. The molecule has 0 aliphatic carbocycles. The topological polar surface area (TPSA) is 18.5 Å². The van der Waals surface area contributed by atoms with Gasteiger partial charge in [-0.1, -0.05) is 19.0 Å². The number of hydrogen-bond donors (Lipinski definition) is 0. The van der Waals surface area contributed by atoms with Crippen molar-refractivity contribution in [2.24, 2.45) is 0 Å². The highest BCUT2D eigenvalue weighted by Crippen LogP contribution is 2.26. The molecule has 0 aromatic carbocycles. The molecule has 0 saturated carbocycles. The zero-order valence-corrected chi connectivity index (χ0v) is 12.7. The molecule has 1 atom stereocenters. The molecule has 0 saturated heterocycles. The summed E-state index contributed by atoms with van der Waals surface area (Å²) in [6, 6.07) is 0. The second kappa shape index (κ2) is 17.2. The Morgan fingerprint density at radius 2 is 1.17 bits per heavy atom. The first kappa shape index (κ1) is 34.7. The van der Waals surface area contributed by atoms with Crippen molar-refractivity contribution in [3.8, 4) is 0 Å². The van der Waals surface area contributed by atoms with Crippen LogP contribution in [0.15, 0.2) is 0 Å². The molecule has 0 fully saturated rings. The first-order valence-electron chi connectivity index (χ1n) is 4.01. The largest absolute Gasteiger partial charge is 0.428 e. The van der Waals surface area contributed by atoms with Crippen molar-refractivity contribution in [3.05, 3.63) is 0 Å². The van der Waals surface area contributed by atoms with Crippen LogP contribution in [-0.2, 0) is 9.47 Å². The van der Waals surface area contributed by atoms with Crippen molar-refractivity contribution in [1.29, 1.82) is 0 Å². The number of halogens is 14. The van der Waals surface area contributed by atoms with Crippen LogP contribution in [0.4, 0.5) is 43.9 Å². The molecule has 0 N–H and O–H groups in total. The third-order valence-corrected chi connectivity index (χ3v) is 1.20. The van der Waals surface area contributed by atoms with Gasteiger partial charge in [0.25, 0.3) is 0 Å². The molecule has 0 radical (unpaired) electrons. The fourth-order valence-corrected chi connectivity index (χ4v) is 0.403. The van der Waals surface area contributed by atoms with Gasteiger partial charge in [-0.15, -0.1) is 12.4 Å². The maximum Gasteiger partial charge on any atom is 0.428 e. The quantitative estimate of drug-likeness (QED) is 0.351. The summed E-state index contributed by atoms with van der Waals surface area (Å²) in [4.78, 5) is 0. The van der Waals surface area contributed by atoms with Crippen LogP contribution in [0.25, 0.3) is 0 Å². The molecule has 0 rings (SSSR count). The standard InChI is InChI=1S/C3H2ClF5O.C3H3F5O.CH4.Cl2.ClH/c4-1(3(7,8)9)10-2(5)6;4-2(5)9-1-3(6,7)8;;1-2;/h1-2H;2H,1H2;1H4;;1H. The third-order valence-electron chi connectivity index (χ3n) is 0.853. The van der Waals surface area contributed by atoms with E-state index in [0.717, 1.165) is 0 Å². The molecule has 0 aliphatic heterocycles. The summed E-state index contributed by atoms with van der Waals surface area (Å²) in [7, 11) is 8.22. The Hall–Kier alpha value is 0.380. The summed E-state index contributed by atoms with van der Waals surface area (Å²) in [5, 5.41) is 0. The van der Waals surface area contributed by atoms with E-state index in [1.165, 1.54) is 0 Å². The van der Waals surface area contributed by atoms with E-state index in [2.05, 4.69) is 42.8 Å². The minimum Gasteiger partial charge on any atom is -0.313 e. The van der Waals surface area contributed by atoms with Gasteiger partial charge in [-0.25, -0.2) is 0 Å². The maximum atomic E-state index is 11.2. The van der Waals surface area contributed by atoms with E-state index in [-0.39, 0.29) is 19.8 Å². The van der Waals surface area contributed by atoms with Gasteiger partial charge in [0, 0.05) is 21.7 Å². The maximum absolute atomic E-state index is 11.2. The molecular weight excluding hydrogens is 448 g/mol. The fourth-order valence-electron chi connectivity index (χ4n) is 0.325. The lowest BCUT2D eigenvalue weighted by atomic mass is 10.7. The van der Waals surface area contributed by atoms with Gasteiger partial charge in [0.15, 0.2) is 0 Å². The van der Waals surface area contributed by atoms with Crippen LogP contribution < -0.4 is 0 Å². The molecule has 0 heterocycles. The number of alkyl halides is 11. The van der Waals surface area contributed by atoms with Crippen LogP contribution in [0.5, 0.6) is 0 Å². The van der Waals surface area contributed by atoms with Gasteiger partial charge in [-0.05, 0) is 0 Å². The second-order valence-electron chi connectivity index (χ2n) is 2.44. The van der Waals surface area contributed by atoms with Crippen molar-refractivity contribution in [2.45, 2.75) is 38.6 Å². The van der Waals surface area contributed by atoms with E-state index in [0.29, 0.717) is 0 Å². The van der Waals surface area contributed by atoms with Crippen LogP contribution in [0.1, 0.15) is 7.43 Å². The minimum absolute atomic E-state index is 0. The molecular formula is C7H10Cl4F10O2. The zero-order chi connectivity index (χ0) is 17.9. The van der Waals surface area contributed by atoms with Gasteiger partial charge in [0.05, 0.1) is 0 Å². The van der Waals surface area contributed by atoms with E-state index < -0.39 is 37.7 Å².